The van der Waals surface area contributed by atoms with Crippen LogP contribution in [-0.2, 0) is 47.1 Å². The summed E-state index contributed by atoms with van der Waals surface area (Å²) >= 11 is 0. The summed E-state index contributed by atoms with van der Waals surface area (Å²) in [6.07, 6.45) is 0. The first-order valence-corrected chi connectivity index (χ1v) is 19.6. The Bertz CT molecular complexity index is 1300. The zero-order valence-electron chi connectivity index (χ0n) is 33.9. The number of rotatable bonds is 8. The van der Waals surface area contributed by atoms with Gasteiger partial charge in [-0.2, -0.15) is 0 Å². The maximum absolute atomic E-state index is 11.2. The van der Waals surface area contributed by atoms with Gasteiger partial charge in [-0.05, 0) is 90.8 Å². The summed E-state index contributed by atoms with van der Waals surface area (Å²) in [5.74, 6) is 0. The summed E-state index contributed by atoms with van der Waals surface area (Å²) in [7, 11) is -5.82. The Labute approximate surface area is 302 Å². The summed E-state index contributed by atoms with van der Waals surface area (Å²) < 4.78 is 12.4. The van der Waals surface area contributed by atoms with Gasteiger partial charge in [-0.3, -0.25) is 4.52 Å². The number of hydrogen-bond donors (Lipinski definition) is 4. The molecule has 0 fully saturated rings. The van der Waals surface area contributed by atoms with E-state index in [2.05, 4.69) is 163 Å². The molecule has 0 atom stereocenters. The van der Waals surface area contributed by atoms with Crippen LogP contribution in [0.15, 0.2) is 24.3 Å². The molecule has 0 aromatic heterocycles. The Balaban J connectivity index is 3.79. The predicted octanol–water partition coefficient (Wildman–Crippen LogP) is 10.8. The van der Waals surface area contributed by atoms with Gasteiger partial charge < -0.3 is 24.1 Å². The van der Waals surface area contributed by atoms with Crippen molar-refractivity contribution in [2.24, 2.45) is 5.41 Å². The van der Waals surface area contributed by atoms with E-state index in [-0.39, 0.29) is 17.4 Å². The summed E-state index contributed by atoms with van der Waals surface area (Å²) in [4.78, 5) is 42.6. The predicted molar refractivity (Wildman–Crippen MR) is 209 cm³/mol. The number of benzene rings is 2. The standard InChI is InChI=1S/C41H68O6P2/c1-34(2,3)26-21-28(36(7,8)9)32(29(22-26)37(10,11)12)41(47-49(44)45,40(19,20)25-46-48(42)43)33-30(38(13,14)15)23-27(35(4,5)6)24-31(33)39(16,17)18/h21-24,42-45H,19-20,25H2,1-18H3. The Morgan fingerprint density at radius 3 is 0.918 bits per heavy atom. The molecule has 278 valence electrons. The van der Waals surface area contributed by atoms with Crippen LogP contribution >= 0.6 is 17.2 Å². The van der Waals surface area contributed by atoms with Crippen molar-refractivity contribution in [2.45, 2.75) is 163 Å². The highest BCUT2D eigenvalue weighted by Crippen LogP contribution is 2.62. The van der Waals surface area contributed by atoms with Gasteiger partial charge in [-0.15, -0.1) is 0 Å². The molecule has 6 nitrogen and oxygen atoms in total. The fourth-order valence-electron chi connectivity index (χ4n) is 6.52. The second kappa shape index (κ2) is 14.1. The molecule has 0 saturated carbocycles. The van der Waals surface area contributed by atoms with Crippen LogP contribution in [0.25, 0.3) is 0 Å². The maximum atomic E-state index is 11.2. The molecule has 0 saturated heterocycles. The summed E-state index contributed by atoms with van der Waals surface area (Å²) in [5, 5.41) is 0. The van der Waals surface area contributed by atoms with E-state index in [1.807, 2.05) is 0 Å². The van der Waals surface area contributed by atoms with Gasteiger partial charge in [-0.25, -0.2) is 0 Å². The van der Waals surface area contributed by atoms with Crippen LogP contribution < -0.4 is 0 Å². The molecule has 0 spiro atoms. The highest BCUT2D eigenvalue weighted by molar-refractivity contribution is 7.39. The van der Waals surface area contributed by atoms with Crippen molar-refractivity contribution in [2.75, 3.05) is 6.61 Å². The minimum atomic E-state index is -3.03. The Morgan fingerprint density at radius 2 is 0.735 bits per heavy atom. The fourth-order valence-corrected chi connectivity index (χ4v) is 7.51. The molecule has 4 N–H and O–H groups in total. The van der Waals surface area contributed by atoms with Gasteiger partial charge in [0.25, 0.3) is 0 Å². The minimum Gasteiger partial charge on any atom is -0.328 e. The second-order valence-corrected chi connectivity index (χ2v) is 21.7. The third-order valence-corrected chi connectivity index (χ3v) is 10.2. The van der Waals surface area contributed by atoms with E-state index in [1.54, 1.807) is 0 Å². The minimum absolute atomic E-state index is 0.205. The monoisotopic (exact) mass is 718 g/mol. The Hall–Kier alpha value is -0.940. The van der Waals surface area contributed by atoms with Crippen LogP contribution in [0.1, 0.15) is 169 Å². The first kappa shape index (κ1) is 44.2. The van der Waals surface area contributed by atoms with E-state index >= 15 is 0 Å². The summed E-state index contributed by atoms with van der Waals surface area (Å²) in [6, 6.07) is 8.88. The normalized spacial score (nSPS) is 14.7. The van der Waals surface area contributed by atoms with Crippen LogP contribution in [-0.4, -0.2) is 26.2 Å². The molecule has 2 aromatic carbocycles. The summed E-state index contributed by atoms with van der Waals surface area (Å²) in [5.41, 5.74) is 1.93. The lowest BCUT2D eigenvalue weighted by Gasteiger charge is -2.53. The quantitative estimate of drug-likeness (QED) is 0.203. The molecule has 2 radical (unpaired) electrons. The van der Waals surface area contributed by atoms with Gasteiger partial charge in [0.1, 0.15) is 5.60 Å². The van der Waals surface area contributed by atoms with E-state index in [1.165, 1.54) is 0 Å². The Kier molecular flexibility index (Phi) is 12.8. The molecular formula is C41H68O6P2. The van der Waals surface area contributed by atoms with Crippen LogP contribution in [0.4, 0.5) is 0 Å². The van der Waals surface area contributed by atoms with Gasteiger partial charge >= 0.3 is 17.2 Å². The van der Waals surface area contributed by atoms with Gasteiger partial charge in [0.2, 0.25) is 0 Å². The third kappa shape index (κ3) is 9.74. The third-order valence-electron chi connectivity index (χ3n) is 9.37. The van der Waals surface area contributed by atoms with E-state index in [0.717, 1.165) is 44.5 Å². The van der Waals surface area contributed by atoms with E-state index in [0.29, 0.717) is 0 Å². The second-order valence-electron chi connectivity index (χ2n) is 20.2. The van der Waals surface area contributed by atoms with Crippen LogP contribution in [0.5, 0.6) is 0 Å². The highest BCUT2D eigenvalue weighted by atomic mass is 31.2. The van der Waals surface area contributed by atoms with Crippen molar-refractivity contribution >= 4 is 17.2 Å². The molecule has 0 aliphatic rings. The van der Waals surface area contributed by atoms with Crippen LogP contribution in [0.3, 0.4) is 0 Å². The van der Waals surface area contributed by atoms with E-state index in [9.17, 15) is 19.6 Å². The largest absolute Gasteiger partial charge is 0.328 e. The zero-order valence-corrected chi connectivity index (χ0v) is 35.7. The van der Waals surface area contributed by atoms with Crippen molar-refractivity contribution in [3.05, 3.63) is 82.6 Å². The lowest BCUT2D eigenvalue weighted by atomic mass is 9.56. The first-order chi connectivity index (χ1) is 21.5. The topological polar surface area (TPSA) is 99.4 Å². The van der Waals surface area contributed by atoms with Gasteiger partial charge in [0.15, 0.2) is 0 Å². The molecule has 8 heteroatoms. The first-order valence-electron chi connectivity index (χ1n) is 17.3. The lowest BCUT2D eigenvalue weighted by molar-refractivity contribution is -0.0204. The SMILES string of the molecule is [CH2]C([CH2])(COP(O)O)C(OP(O)O)(c1c(C(C)(C)C)cc(C(C)(C)C)cc1C(C)(C)C)c1c(C(C)(C)C)cc(C(C)(C)C)cc1C(C)(C)C. The van der Waals surface area contributed by atoms with E-state index < -0.39 is 49.9 Å². The number of hydrogen-bond acceptors (Lipinski definition) is 6. The van der Waals surface area contributed by atoms with Gasteiger partial charge in [0.05, 0.1) is 6.61 Å². The molecule has 0 unspecified atom stereocenters. The zero-order chi connectivity index (χ0) is 38.7. The maximum Gasteiger partial charge on any atom is 0.328 e. The lowest BCUT2D eigenvalue weighted by Crippen LogP contribution is -2.52. The van der Waals surface area contributed by atoms with Crippen molar-refractivity contribution in [1.29, 1.82) is 0 Å². The molecule has 0 amide bonds. The molecule has 49 heavy (non-hydrogen) atoms. The molecule has 0 bridgehead atoms. The molecule has 0 heterocycles. The molecular weight excluding hydrogens is 650 g/mol. The van der Waals surface area contributed by atoms with E-state index in [4.69, 9.17) is 9.05 Å². The van der Waals surface area contributed by atoms with Crippen molar-refractivity contribution in [3.8, 4) is 0 Å². The van der Waals surface area contributed by atoms with Crippen molar-refractivity contribution < 1.29 is 28.6 Å². The average Bonchev–Trinajstić information content (AvgIpc) is 2.85. The molecule has 2 aromatic rings. The molecule has 2 rings (SSSR count). The molecule has 0 aliphatic heterocycles. The average molecular weight is 719 g/mol. The van der Waals surface area contributed by atoms with Crippen molar-refractivity contribution in [3.63, 3.8) is 0 Å². The van der Waals surface area contributed by atoms with Crippen molar-refractivity contribution in [1.82, 2.24) is 0 Å². The Morgan fingerprint density at radius 1 is 0.469 bits per heavy atom. The van der Waals surface area contributed by atoms with Gasteiger partial charge in [-0.1, -0.05) is 149 Å². The van der Waals surface area contributed by atoms with Crippen LogP contribution in [0.2, 0.25) is 0 Å². The smallest absolute Gasteiger partial charge is 0.328 e. The highest BCUT2D eigenvalue weighted by Gasteiger charge is 2.58. The van der Waals surface area contributed by atoms with Crippen LogP contribution in [0, 0.1) is 19.3 Å². The van der Waals surface area contributed by atoms with Gasteiger partial charge in [0, 0.05) is 5.41 Å². The molecule has 0 aliphatic carbocycles. The fraction of sp³-hybridized carbons (Fsp3) is 0.659. The summed E-state index contributed by atoms with van der Waals surface area (Å²) in [6.45, 7) is 48.0.